The highest BCUT2D eigenvalue weighted by Crippen LogP contribution is 2.36. The summed E-state index contributed by atoms with van der Waals surface area (Å²) in [6, 6.07) is 3.90. The molecule has 21 heavy (non-hydrogen) atoms. The smallest absolute Gasteiger partial charge is 0.311 e. The van der Waals surface area contributed by atoms with E-state index in [-0.39, 0.29) is 10.6 Å². The Labute approximate surface area is 125 Å². The molecular weight excluding hydrogens is 268 g/mol. The fourth-order valence-corrected chi connectivity index (χ4v) is 2.98. The van der Waals surface area contributed by atoms with Gasteiger partial charge in [-0.3, -0.25) is 10.1 Å². The van der Waals surface area contributed by atoms with Gasteiger partial charge in [0.05, 0.1) is 4.92 Å². The van der Waals surface area contributed by atoms with Crippen molar-refractivity contribution in [3.8, 4) is 0 Å². The molecule has 1 saturated heterocycles. The predicted octanol–water partition coefficient (Wildman–Crippen LogP) is 3.58. The number of rotatable bonds is 6. The number of nitrogens with zero attached hydrogens (tertiary/aromatic N) is 3. The Kier molecular flexibility index (Phi) is 4.98. The van der Waals surface area contributed by atoms with E-state index in [9.17, 15) is 10.1 Å². The van der Waals surface area contributed by atoms with E-state index in [0.717, 1.165) is 32.2 Å². The summed E-state index contributed by atoms with van der Waals surface area (Å²) in [5, 5.41) is 14.5. The van der Waals surface area contributed by atoms with Crippen LogP contribution in [0.5, 0.6) is 0 Å². The molecule has 2 heterocycles. The lowest BCUT2D eigenvalue weighted by atomic mass is 10.1. The van der Waals surface area contributed by atoms with E-state index in [1.807, 2.05) is 0 Å². The summed E-state index contributed by atoms with van der Waals surface area (Å²) in [5.74, 6) is 1.23. The van der Waals surface area contributed by atoms with Crippen molar-refractivity contribution in [1.82, 2.24) is 4.98 Å². The first-order valence-corrected chi connectivity index (χ1v) is 7.76. The first-order chi connectivity index (χ1) is 10.1. The van der Waals surface area contributed by atoms with Gasteiger partial charge in [-0.1, -0.05) is 13.8 Å². The molecule has 1 aliphatic rings. The van der Waals surface area contributed by atoms with E-state index in [4.69, 9.17) is 0 Å². The largest absolute Gasteiger partial charge is 0.370 e. The maximum atomic E-state index is 11.3. The lowest BCUT2D eigenvalue weighted by Crippen LogP contribution is -2.35. The number of nitrogens with one attached hydrogen (secondary N) is 1. The van der Waals surface area contributed by atoms with Gasteiger partial charge < -0.3 is 10.2 Å². The molecule has 6 nitrogen and oxygen atoms in total. The van der Waals surface area contributed by atoms with Crippen molar-refractivity contribution in [2.24, 2.45) is 0 Å². The van der Waals surface area contributed by atoms with E-state index in [0.29, 0.717) is 23.7 Å². The van der Waals surface area contributed by atoms with Crippen molar-refractivity contribution in [2.75, 3.05) is 16.8 Å². The van der Waals surface area contributed by atoms with Crippen LogP contribution in [-0.4, -0.2) is 28.5 Å². The zero-order valence-corrected chi connectivity index (χ0v) is 13.0. The van der Waals surface area contributed by atoms with Crippen LogP contribution in [0.25, 0.3) is 0 Å². The van der Waals surface area contributed by atoms with Crippen molar-refractivity contribution >= 4 is 17.3 Å². The van der Waals surface area contributed by atoms with E-state index < -0.39 is 0 Å². The molecule has 116 valence electrons. The number of aromatic nitrogens is 1. The summed E-state index contributed by atoms with van der Waals surface area (Å²) in [6.07, 6.45) is 4.11. The van der Waals surface area contributed by atoms with Crippen LogP contribution in [0.1, 0.15) is 46.5 Å². The number of hydrogen-bond acceptors (Lipinski definition) is 5. The summed E-state index contributed by atoms with van der Waals surface area (Å²) in [4.78, 5) is 17.7. The molecule has 1 aromatic heterocycles. The molecule has 1 fully saturated rings. The van der Waals surface area contributed by atoms with E-state index in [1.54, 1.807) is 12.1 Å². The van der Waals surface area contributed by atoms with Crippen LogP contribution in [0, 0.1) is 10.1 Å². The number of anilines is 2. The van der Waals surface area contributed by atoms with Gasteiger partial charge >= 0.3 is 5.69 Å². The van der Waals surface area contributed by atoms with Crippen molar-refractivity contribution in [3.63, 3.8) is 0 Å². The Hall–Kier alpha value is -1.85. The minimum Gasteiger partial charge on any atom is -0.370 e. The van der Waals surface area contributed by atoms with E-state index in [2.05, 4.69) is 36.0 Å². The minimum absolute atomic E-state index is 0.101. The third kappa shape index (κ3) is 3.25. The molecule has 0 spiro atoms. The SMILES string of the molecule is CCCNc1ccc([N+](=O)[O-])c(N2C(C)CCC2CC)n1. The highest BCUT2D eigenvalue weighted by atomic mass is 16.6. The second-order valence-electron chi connectivity index (χ2n) is 5.62. The molecular formula is C15H24N4O2. The van der Waals surface area contributed by atoms with Crippen molar-refractivity contribution in [1.29, 1.82) is 0 Å². The summed E-state index contributed by atoms with van der Waals surface area (Å²) >= 11 is 0. The molecule has 1 aliphatic heterocycles. The van der Waals surface area contributed by atoms with Gasteiger partial charge in [0.2, 0.25) is 5.82 Å². The van der Waals surface area contributed by atoms with Gasteiger partial charge in [0, 0.05) is 24.7 Å². The van der Waals surface area contributed by atoms with Crippen molar-refractivity contribution in [3.05, 3.63) is 22.2 Å². The molecule has 0 saturated carbocycles. The first kappa shape index (κ1) is 15.5. The molecule has 6 heteroatoms. The number of hydrogen-bond donors (Lipinski definition) is 1. The second-order valence-corrected chi connectivity index (χ2v) is 5.62. The first-order valence-electron chi connectivity index (χ1n) is 7.76. The van der Waals surface area contributed by atoms with E-state index >= 15 is 0 Å². The zero-order valence-electron chi connectivity index (χ0n) is 13.0. The number of pyridine rings is 1. The third-order valence-corrected chi connectivity index (χ3v) is 4.11. The van der Waals surface area contributed by atoms with Crippen LogP contribution in [0.15, 0.2) is 12.1 Å². The summed E-state index contributed by atoms with van der Waals surface area (Å²) in [7, 11) is 0. The van der Waals surface area contributed by atoms with Gasteiger partial charge in [0.15, 0.2) is 0 Å². The highest BCUT2D eigenvalue weighted by molar-refractivity contribution is 5.63. The molecule has 2 atom stereocenters. The maximum absolute atomic E-state index is 11.3. The Balaban J connectivity index is 2.40. The Morgan fingerprint density at radius 3 is 2.81 bits per heavy atom. The van der Waals surface area contributed by atoms with Gasteiger partial charge in [-0.25, -0.2) is 4.98 Å². The highest BCUT2D eigenvalue weighted by Gasteiger charge is 2.34. The quantitative estimate of drug-likeness (QED) is 0.641. The Morgan fingerprint density at radius 2 is 2.19 bits per heavy atom. The molecule has 0 aromatic carbocycles. The van der Waals surface area contributed by atoms with Gasteiger partial charge in [-0.2, -0.15) is 0 Å². The van der Waals surface area contributed by atoms with Crippen LogP contribution in [-0.2, 0) is 0 Å². The predicted molar refractivity (Wildman–Crippen MR) is 84.9 cm³/mol. The lowest BCUT2D eigenvalue weighted by molar-refractivity contribution is -0.384. The van der Waals surface area contributed by atoms with Gasteiger partial charge in [-0.05, 0) is 38.7 Å². The molecule has 0 amide bonds. The van der Waals surface area contributed by atoms with Crippen LogP contribution in [0.4, 0.5) is 17.3 Å². The lowest BCUT2D eigenvalue weighted by Gasteiger charge is -2.29. The minimum atomic E-state index is -0.330. The summed E-state index contributed by atoms with van der Waals surface area (Å²) in [6.45, 7) is 7.14. The molecule has 0 radical (unpaired) electrons. The second kappa shape index (κ2) is 6.74. The van der Waals surface area contributed by atoms with E-state index in [1.165, 1.54) is 0 Å². The van der Waals surface area contributed by atoms with Crippen molar-refractivity contribution in [2.45, 2.75) is 58.5 Å². The summed E-state index contributed by atoms with van der Waals surface area (Å²) < 4.78 is 0. The average Bonchev–Trinajstić information content (AvgIpc) is 2.85. The van der Waals surface area contributed by atoms with Gasteiger partial charge in [0.25, 0.3) is 0 Å². The normalized spacial score (nSPS) is 21.6. The molecule has 2 unspecified atom stereocenters. The van der Waals surface area contributed by atoms with Crippen LogP contribution >= 0.6 is 0 Å². The van der Waals surface area contributed by atoms with Crippen LogP contribution in [0.2, 0.25) is 0 Å². The number of nitro groups is 1. The maximum Gasteiger partial charge on any atom is 0.311 e. The van der Waals surface area contributed by atoms with Crippen LogP contribution < -0.4 is 10.2 Å². The molecule has 0 aliphatic carbocycles. The molecule has 1 aromatic rings. The van der Waals surface area contributed by atoms with Crippen LogP contribution in [0.3, 0.4) is 0 Å². The molecule has 0 bridgehead atoms. The fraction of sp³-hybridized carbons (Fsp3) is 0.667. The fourth-order valence-electron chi connectivity index (χ4n) is 2.98. The van der Waals surface area contributed by atoms with Gasteiger partial charge in [-0.15, -0.1) is 0 Å². The Morgan fingerprint density at radius 1 is 1.43 bits per heavy atom. The van der Waals surface area contributed by atoms with Gasteiger partial charge in [0.1, 0.15) is 5.82 Å². The standard InChI is InChI=1S/C15H24N4O2/c1-4-10-16-14-9-8-13(19(20)21)15(17-14)18-11(3)6-7-12(18)5-2/h8-9,11-12H,4-7,10H2,1-3H3,(H,16,17). The third-order valence-electron chi connectivity index (χ3n) is 4.11. The monoisotopic (exact) mass is 292 g/mol. The molecule has 2 rings (SSSR count). The Bertz CT molecular complexity index is 506. The topological polar surface area (TPSA) is 71.3 Å². The van der Waals surface area contributed by atoms with Crippen molar-refractivity contribution < 1.29 is 4.92 Å². The summed E-state index contributed by atoms with van der Waals surface area (Å²) in [5.41, 5.74) is 0.101. The molecule has 1 N–H and O–H groups in total. The average molecular weight is 292 g/mol. The zero-order chi connectivity index (χ0) is 15.4.